The van der Waals surface area contributed by atoms with Crippen molar-refractivity contribution < 1.29 is 0 Å². The van der Waals surface area contributed by atoms with Gasteiger partial charge in [0.2, 0.25) is 0 Å². The second-order valence-electron chi connectivity index (χ2n) is 2.59. The molecular formula is C9H14Cl2N2. The molecule has 0 aromatic rings. The predicted molar refractivity (Wildman–Crippen MR) is 60.0 cm³/mol. The summed E-state index contributed by atoms with van der Waals surface area (Å²) in [4.78, 5) is 3.89. The summed E-state index contributed by atoms with van der Waals surface area (Å²) in [5.74, 6) is 0.257. The second kappa shape index (κ2) is 6.98. The van der Waals surface area contributed by atoms with Crippen LogP contribution in [0.3, 0.4) is 0 Å². The van der Waals surface area contributed by atoms with E-state index in [0.717, 1.165) is 12.8 Å². The highest BCUT2D eigenvalue weighted by Crippen LogP contribution is 2.19. The Bertz CT molecular complexity index is 222. The van der Waals surface area contributed by atoms with Crippen molar-refractivity contribution in [1.82, 2.24) is 0 Å². The van der Waals surface area contributed by atoms with Gasteiger partial charge in [0, 0.05) is 17.4 Å². The van der Waals surface area contributed by atoms with Crippen molar-refractivity contribution in [2.75, 3.05) is 0 Å². The molecule has 0 aromatic heterocycles. The third-order valence-electron chi connectivity index (χ3n) is 1.68. The first kappa shape index (κ1) is 12.5. The van der Waals surface area contributed by atoms with E-state index in [9.17, 15) is 0 Å². The van der Waals surface area contributed by atoms with Crippen LogP contribution in [0.4, 0.5) is 0 Å². The molecule has 1 atom stereocenters. The van der Waals surface area contributed by atoms with Gasteiger partial charge in [-0.3, -0.25) is 0 Å². The Balaban J connectivity index is 3.99. The highest BCUT2D eigenvalue weighted by molar-refractivity contribution is 6.30. The Labute approximate surface area is 89.1 Å². The minimum Gasteiger partial charge on any atom is -0.402 e. The summed E-state index contributed by atoms with van der Waals surface area (Å²) in [5, 5.41) is 0.942. The zero-order valence-corrected chi connectivity index (χ0v) is 9.15. The molecule has 0 heterocycles. The molecule has 0 radical (unpaired) electrons. The number of rotatable bonds is 5. The highest BCUT2D eigenvalue weighted by Gasteiger charge is 2.05. The van der Waals surface area contributed by atoms with E-state index in [-0.39, 0.29) is 11.1 Å². The summed E-state index contributed by atoms with van der Waals surface area (Å²) in [7, 11) is 0. The summed E-state index contributed by atoms with van der Waals surface area (Å²) in [6.07, 6.45) is 4.63. The molecule has 0 aliphatic heterocycles. The number of halogens is 2. The van der Waals surface area contributed by atoms with Crippen LogP contribution >= 0.6 is 23.2 Å². The number of aliphatic imine (C=N–C) groups is 1. The number of allylic oxidation sites excluding steroid dienone is 1. The Morgan fingerprint density at radius 2 is 2.23 bits per heavy atom. The van der Waals surface area contributed by atoms with Crippen molar-refractivity contribution in [2.24, 2.45) is 16.6 Å². The molecule has 2 nitrogen and oxygen atoms in total. The molecule has 2 N–H and O–H groups in total. The first-order valence-electron chi connectivity index (χ1n) is 4.06. The third-order valence-corrected chi connectivity index (χ3v) is 2.21. The maximum atomic E-state index is 5.76. The highest BCUT2D eigenvalue weighted by atomic mass is 35.5. The molecule has 0 amide bonds. The molecule has 0 fully saturated rings. The van der Waals surface area contributed by atoms with E-state index in [0.29, 0.717) is 5.03 Å². The number of nitrogens with zero attached hydrogens (tertiary/aromatic N) is 1. The first-order valence-corrected chi connectivity index (χ1v) is 4.81. The summed E-state index contributed by atoms with van der Waals surface area (Å²) in [5.41, 5.74) is 5.13. The number of hydrogen-bond donors (Lipinski definition) is 1. The fraction of sp³-hybridized carbons (Fsp3) is 0.444. The van der Waals surface area contributed by atoms with Crippen molar-refractivity contribution in [3.8, 4) is 0 Å². The normalized spacial score (nSPS) is 14.8. The maximum absolute atomic E-state index is 5.76. The zero-order valence-electron chi connectivity index (χ0n) is 7.63. The lowest BCUT2D eigenvalue weighted by atomic mass is 10.0. The van der Waals surface area contributed by atoms with Crippen molar-refractivity contribution in [1.29, 1.82) is 0 Å². The molecule has 13 heavy (non-hydrogen) atoms. The monoisotopic (exact) mass is 220 g/mol. The lowest BCUT2D eigenvalue weighted by molar-refractivity contribution is 0.650. The van der Waals surface area contributed by atoms with Crippen molar-refractivity contribution in [3.63, 3.8) is 0 Å². The van der Waals surface area contributed by atoms with E-state index in [2.05, 4.69) is 11.6 Å². The lowest BCUT2D eigenvalue weighted by Gasteiger charge is -2.08. The molecule has 0 bridgehead atoms. The van der Waals surface area contributed by atoms with Gasteiger partial charge in [0.05, 0.1) is 0 Å². The molecule has 0 aliphatic carbocycles. The van der Waals surface area contributed by atoms with Gasteiger partial charge in [0.15, 0.2) is 0 Å². The van der Waals surface area contributed by atoms with Crippen LogP contribution < -0.4 is 5.73 Å². The van der Waals surface area contributed by atoms with Crippen LogP contribution in [-0.2, 0) is 0 Å². The third kappa shape index (κ3) is 5.72. The molecule has 0 saturated heterocycles. The van der Waals surface area contributed by atoms with Crippen molar-refractivity contribution >= 4 is 29.4 Å². The molecule has 0 aromatic carbocycles. The lowest BCUT2D eigenvalue weighted by Crippen LogP contribution is -1.98. The molecule has 0 rings (SSSR count). The van der Waals surface area contributed by atoms with Crippen LogP contribution in [0, 0.1) is 5.92 Å². The van der Waals surface area contributed by atoms with Crippen LogP contribution in [-0.4, -0.2) is 6.21 Å². The van der Waals surface area contributed by atoms with Gasteiger partial charge >= 0.3 is 0 Å². The quantitative estimate of drug-likeness (QED) is 0.561. The van der Waals surface area contributed by atoms with Gasteiger partial charge in [-0.1, -0.05) is 36.7 Å². The van der Waals surface area contributed by atoms with Gasteiger partial charge in [0.1, 0.15) is 5.16 Å². The van der Waals surface area contributed by atoms with Gasteiger partial charge in [-0.25, -0.2) is 4.99 Å². The van der Waals surface area contributed by atoms with Gasteiger partial charge in [0.25, 0.3) is 0 Å². The van der Waals surface area contributed by atoms with Crippen LogP contribution in [0.25, 0.3) is 0 Å². The molecule has 74 valence electrons. The first-order chi connectivity index (χ1) is 6.11. The average Bonchev–Trinajstić information content (AvgIpc) is 2.11. The maximum Gasteiger partial charge on any atom is 0.143 e. The molecule has 1 unspecified atom stereocenters. The van der Waals surface area contributed by atoms with Gasteiger partial charge in [-0.05, 0) is 18.8 Å². The van der Waals surface area contributed by atoms with E-state index >= 15 is 0 Å². The van der Waals surface area contributed by atoms with Gasteiger partial charge < -0.3 is 5.73 Å². The molecular weight excluding hydrogens is 207 g/mol. The summed E-state index contributed by atoms with van der Waals surface area (Å²) < 4.78 is 0. The fourth-order valence-electron chi connectivity index (χ4n) is 0.826. The van der Waals surface area contributed by atoms with Crippen LogP contribution in [0.2, 0.25) is 0 Å². The standard InChI is InChI=1S/C9H14Cl2N2/c1-3-8(7(2)10)4-5-13-9(11)6-12/h5-6,8H,2-4,12H2,1H3/b9-6-,13-5+. The van der Waals surface area contributed by atoms with Crippen molar-refractivity contribution in [2.45, 2.75) is 19.8 Å². The Morgan fingerprint density at radius 1 is 1.62 bits per heavy atom. The predicted octanol–water partition coefficient (Wildman–Crippen LogP) is 3.22. The van der Waals surface area contributed by atoms with E-state index in [1.54, 1.807) is 6.21 Å². The Hall–Kier alpha value is -0.470. The Morgan fingerprint density at radius 3 is 2.62 bits per heavy atom. The van der Waals surface area contributed by atoms with Gasteiger partial charge in [-0.15, -0.1) is 0 Å². The summed E-state index contributed by atoms with van der Waals surface area (Å²) >= 11 is 11.3. The summed E-state index contributed by atoms with van der Waals surface area (Å²) in [6, 6.07) is 0. The fourth-order valence-corrected chi connectivity index (χ4v) is 1.14. The molecule has 0 aliphatic rings. The van der Waals surface area contributed by atoms with E-state index in [1.165, 1.54) is 6.20 Å². The second-order valence-corrected chi connectivity index (χ2v) is 3.46. The molecule has 4 heteroatoms. The zero-order chi connectivity index (χ0) is 10.3. The number of nitrogens with two attached hydrogens (primary N) is 1. The SMILES string of the molecule is C=C(Cl)C(CC)C/C=N/C(Cl)=C\N. The van der Waals surface area contributed by atoms with E-state index in [1.807, 2.05) is 6.92 Å². The minimum absolute atomic E-state index is 0.257. The van der Waals surface area contributed by atoms with E-state index in [4.69, 9.17) is 28.9 Å². The van der Waals surface area contributed by atoms with Crippen molar-refractivity contribution in [3.05, 3.63) is 23.0 Å². The Kier molecular flexibility index (Phi) is 6.73. The largest absolute Gasteiger partial charge is 0.402 e. The molecule has 0 spiro atoms. The van der Waals surface area contributed by atoms with Crippen LogP contribution in [0.15, 0.2) is 28.0 Å². The topological polar surface area (TPSA) is 38.4 Å². The van der Waals surface area contributed by atoms with Gasteiger partial charge in [-0.2, -0.15) is 0 Å². The van der Waals surface area contributed by atoms with Crippen LogP contribution in [0.1, 0.15) is 19.8 Å². The smallest absolute Gasteiger partial charge is 0.143 e. The average molecular weight is 221 g/mol. The minimum atomic E-state index is 0.257. The number of hydrogen-bond acceptors (Lipinski definition) is 2. The van der Waals surface area contributed by atoms with E-state index < -0.39 is 0 Å². The summed E-state index contributed by atoms with van der Waals surface area (Å²) in [6.45, 7) is 5.72. The molecule has 0 saturated carbocycles. The van der Waals surface area contributed by atoms with Crippen LogP contribution in [0.5, 0.6) is 0 Å².